The van der Waals surface area contributed by atoms with Crippen LogP contribution in [0.15, 0.2) is 0 Å². The van der Waals surface area contributed by atoms with Gasteiger partial charge in [-0.05, 0) is 217 Å². The van der Waals surface area contributed by atoms with E-state index in [1.807, 2.05) is 0 Å². The van der Waals surface area contributed by atoms with Crippen molar-refractivity contribution in [2.75, 3.05) is 19.8 Å². The summed E-state index contributed by atoms with van der Waals surface area (Å²) in [5, 5.41) is 0. The van der Waals surface area contributed by atoms with Gasteiger partial charge in [0.15, 0.2) is 39.6 Å². The average molecular weight is 1340 g/mol. The van der Waals surface area contributed by atoms with Gasteiger partial charge in [-0.1, -0.05) is 22.3 Å². The zero-order valence-electron chi connectivity index (χ0n) is 48.6. The summed E-state index contributed by atoms with van der Waals surface area (Å²) in [5.74, 6) is 0. The average Bonchev–Trinajstić information content (AvgIpc) is 4.13. The molecule has 4 heterocycles. The van der Waals surface area contributed by atoms with Crippen LogP contribution in [0.25, 0.3) is 0 Å². The van der Waals surface area contributed by atoms with Crippen molar-refractivity contribution in [2.24, 2.45) is 0 Å². The molecule has 0 spiro atoms. The van der Waals surface area contributed by atoms with Gasteiger partial charge in [0.25, 0.3) is 0 Å². The summed E-state index contributed by atoms with van der Waals surface area (Å²) in [6.07, 6.45) is 4.71. The van der Waals surface area contributed by atoms with Gasteiger partial charge in [0.2, 0.25) is 0 Å². The molecule has 4 aliphatic heterocycles. The second-order valence-electron chi connectivity index (χ2n) is 24.8. The smallest absolute Gasteiger partial charge is 0.317 e. The molecular weight excluding hydrogens is 1230 g/mol. The van der Waals surface area contributed by atoms with Crippen LogP contribution in [0.2, 0.25) is 191 Å². The monoisotopic (exact) mass is 1340 g/mol. The Labute approximate surface area is 480 Å². The number of ether oxygens (including phenoxy) is 3. The summed E-state index contributed by atoms with van der Waals surface area (Å²) in [4.78, 5) is 0. The topological polar surface area (TPSA) is 160 Å². The minimum atomic E-state index is -2.59. The predicted octanol–water partition coefficient (Wildman–Crippen LogP) is 10.9. The number of epoxide rings is 1. The van der Waals surface area contributed by atoms with Gasteiger partial charge in [-0.25, -0.2) is 0 Å². The quantitative estimate of drug-likeness (QED) is 0.0457. The lowest BCUT2D eigenvalue weighted by Crippen LogP contribution is -2.59. The molecule has 5 aliphatic rings. The van der Waals surface area contributed by atoms with Crippen LogP contribution < -0.4 is 0 Å². The van der Waals surface area contributed by atoms with Gasteiger partial charge >= 0.3 is 107 Å². The van der Waals surface area contributed by atoms with Crippen LogP contribution in [0.4, 0.5) is 0 Å². The van der Waals surface area contributed by atoms with Crippen molar-refractivity contribution in [2.45, 2.75) is 252 Å². The third-order valence-electron chi connectivity index (χ3n) is 13.8. The highest BCUT2D eigenvalue weighted by molar-refractivity contribution is 6.91. The molecule has 5 fully saturated rings. The molecule has 17 nitrogen and oxygen atoms in total. The van der Waals surface area contributed by atoms with Gasteiger partial charge in [0.05, 0.1) is 6.10 Å². The van der Waals surface area contributed by atoms with E-state index in [1.165, 1.54) is 12.8 Å². The molecule has 0 aromatic heterocycles. The lowest BCUT2D eigenvalue weighted by Gasteiger charge is -2.44. The van der Waals surface area contributed by atoms with Crippen LogP contribution in [0.3, 0.4) is 0 Å². The van der Waals surface area contributed by atoms with Crippen LogP contribution in [0, 0.1) is 0 Å². The van der Waals surface area contributed by atoms with Crippen LogP contribution >= 0.6 is 0 Å². The minimum Gasteiger partial charge on any atom is -0.456 e. The van der Waals surface area contributed by atoms with Crippen molar-refractivity contribution in [3.63, 3.8) is 0 Å². The van der Waals surface area contributed by atoms with E-state index in [9.17, 15) is 0 Å². The zero-order chi connectivity index (χ0) is 53.7. The molecule has 4 saturated heterocycles. The maximum absolute atomic E-state index is 7.25. The second kappa shape index (κ2) is 30.2. The Morgan fingerprint density at radius 1 is 0.373 bits per heavy atom. The maximum Gasteiger partial charge on any atom is 0.317 e. The minimum absolute atomic E-state index is 0. The molecule has 0 aromatic carbocycles. The van der Waals surface area contributed by atoms with E-state index in [0.717, 1.165) is 79.9 Å². The zero-order valence-corrected chi connectivity index (χ0v) is 65.5. The molecule has 7 atom stereocenters. The first-order valence-corrected chi connectivity index (χ1v) is 67.6. The third-order valence-corrected chi connectivity index (χ3v) is 77.5. The fourth-order valence-electron chi connectivity index (χ4n) is 10.7. The van der Waals surface area contributed by atoms with Gasteiger partial charge < -0.3 is 71.8 Å². The first-order valence-electron chi connectivity index (χ1n) is 27.4. The molecule has 0 radical (unpaired) electrons. The van der Waals surface area contributed by atoms with Gasteiger partial charge in [-0.2, -0.15) is 0 Å². The number of hydrogen-bond acceptors (Lipinski definition) is 17. The van der Waals surface area contributed by atoms with Crippen molar-refractivity contribution in [3.8, 4) is 0 Å². The van der Waals surface area contributed by atoms with E-state index in [4.69, 9.17) is 71.8 Å². The fraction of sp³-hybridized carbons (Fsp3) is 1.00. The summed E-state index contributed by atoms with van der Waals surface area (Å²) in [6, 6.07) is 9.25. The third kappa shape index (κ3) is 27.6. The fourth-order valence-corrected chi connectivity index (χ4v) is 90.2. The molecule has 5 rings (SSSR count). The van der Waals surface area contributed by atoms with Crippen LogP contribution in [-0.2, 0) is 71.8 Å². The van der Waals surface area contributed by atoms with Crippen LogP contribution in [-0.4, -0.2) is 173 Å². The Morgan fingerprint density at radius 3 is 0.800 bits per heavy atom. The highest BCUT2D eigenvalue weighted by Gasteiger charge is 2.51. The Hall–Kier alpha value is 2.79. The van der Waals surface area contributed by atoms with E-state index in [2.05, 4.69) is 131 Å². The van der Waals surface area contributed by atoms with Crippen molar-refractivity contribution < 1.29 is 71.8 Å². The Bertz CT molecular complexity index is 1540. The Kier molecular flexibility index (Phi) is 29.8. The lowest BCUT2D eigenvalue weighted by molar-refractivity contribution is 0.0499. The highest BCUT2D eigenvalue weighted by atomic mass is 28.5. The van der Waals surface area contributed by atoms with E-state index >= 15 is 0 Å². The SMILES string of the molecule is C.C.C.C[SiH]1O[Si](C)(CCCOC2CC2)O[SiH](C)O[Si](C)(CC[Si](C)(C)O[Si](C)(C)CC[Si]2(C)O[SiH](C)O[Si](C)(CC[Si](C)(C)O[Si](C)(C)CC[Si]3(C)O[SiH](C)O[Si](C)(CCCOC4CO4)O[SiH](C)O3)O[SiH](C)O2)O1. The summed E-state index contributed by atoms with van der Waals surface area (Å²) in [6.45, 7) is 47.2. The van der Waals surface area contributed by atoms with Gasteiger partial charge in [-0.3, -0.25) is 0 Å². The first kappa shape index (κ1) is 73.9. The summed E-state index contributed by atoms with van der Waals surface area (Å²) in [7, 11) is -35.4. The summed E-state index contributed by atoms with van der Waals surface area (Å²) >= 11 is 0. The van der Waals surface area contributed by atoms with Gasteiger partial charge in [0.1, 0.15) is 6.61 Å². The maximum atomic E-state index is 7.25. The molecule has 0 N–H and O–H groups in total. The lowest BCUT2D eigenvalue weighted by atomic mass is 10.5. The Morgan fingerprint density at radius 2 is 0.587 bits per heavy atom. The molecule has 1 aliphatic carbocycles. The van der Waals surface area contributed by atoms with Crippen LogP contribution in [0.1, 0.15) is 48.0 Å². The molecule has 75 heavy (non-hydrogen) atoms. The van der Waals surface area contributed by atoms with Crippen molar-refractivity contribution in [3.05, 3.63) is 0 Å². The van der Waals surface area contributed by atoms with Crippen molar-refractivity contribution in [1.29, 1.82) is 0 Å². The molecule has 0 amide bonds. The molecule has 7 unspecified atom stereocenters. The van der Waals surface area contributed by atoms with Crippen LogP contribution in [0.5, 0.6) is 0 Å². The molecule has 0 aromatic rings. The van der Waals surface area contributed by atoms with E-state index in [-0.39, 0.29) is 28.6 Å². The summed E-state index contributed by atoms with van der Waals surface area (Å²) in [5.41, 5.74) is 0. The van der Waals surface area contributed by atoms with Crippen molar-refractivity contribution >= 4 is 140 Å². The van der Waals surface area contributed by atoms with Crippen molar-refractivity contribution in [1.82, 2.24) is 0 Å². The van der Waals surface area contributed by atoms with E-state index < -0.39 is 140 Å². The molecule has 1 saturated carbocycles. The summed E-state index contributed by atoms with van der Waals surface area (Å²) < 4.78 is 113. The largest absolute Gasteiger partial charge is 0.456 e. The van der Waals surface area contributed by atoms with Gasteiger partial charge in [0, 0.05) is 13.2 Å². The predicted molar refractivity (Wildman–Crippen MR) is 345 cm³/mol. The van der Waals surface area contributed by atoms with E-state index in [0.29, 0.717) is 19.3 Å². The highest BCUT2D eigenvalue weighted by Crippen LogP contribution is 2.37. The molecule has 448 valence electrons. The first-order chi connectivity index (χ1) is 33.0. The molecule has 33 heteroatoms. The standard InChI is InChI=1S/C39H102O17Si16.3CH4/c1-57-43-67(15,27-21-25-40-38-23-24-38)44-58(2)48-69(17,47-57)33-29-63(7,8)55-65(11,12)31-35-71(19)51-61(5)53-72(20,54-62(6)52-71)36-32-66(13,14)56-64(9,10)30-34-70(18)49-59(3)45-68(16,46-60(4)50-70)28-22-26-41-39-37-42-39;;;/h38-39,57-62H,21-37H2,1-20H3;3*1H4. The molecular formula is C42H114O17Si16. The molecule has 0 bridgehead atoms. The normalized spacial score (nSPS) is 37.5. The van der Waals surface area contributed by atoms with E-state index in [1.54, 1.807) is 0 Å². The Balaban J connectivity index is 0.00000642. The van der Waals surface area contributed by atoms with Gasteiger partial charge in [-0.15, -0.1) is 0 Å². The number of hydrogen-bond donors (Lipinski definition) is 0. The number of rotatable bonds is 26. The second-order valence-corrected chi connectivity index (χ2v) is 77.2.